The Labute approximate surface area is 164 Å². The van der Waals surface area contributed by atoms with Gasteiger partial charge in [-0.2, -0.15) is 0 Å². The average molecular weight is 327 g/mol. The Morgan fingerprint density at radius 3 is 1.78 bits per heavy atom. The number of benzene rings is 1. The number of hydrogen-bond acceptors (Lipinski definition) is 2. The number of esters is 1. The normalized spacial score (nSPS) is 10.1. The molecule has 0 heterocycles. The predicted octanol–water partition coefficient (Wildman–Crippen LogP) is 3.30. The maximum absolute atomic E-state index is 11.7. The van der Waals surface area contributed by atoms with Gasteiger partial charge in [0, 0.05) is 6.42 Å². The summed E-state index contributed by atoms with van der Waals surface area (Å²) in [5.41, 5.74) is 0. The third kappa shape index (κ3) is 13.8. The Morgan fingerprint density at radius 2 is 1.26 bits per heavy atom. The largest absolute Gasteiger partial charge is 1.00 e. The van der Waals surface area contributed by atoms with Gasteiger partial charge in [-0.25, -0.2) is 0 Å². The summed E-state index contributed by atoms with van der Waals surface area (Å²) in [4.78, 5) is 11.7. The molecule has 1 rings (SSSR count). The van der Waals surface area contributed by atoms with E-state index in [4.69, 9.17) is 4.74 Å². The molecule has 1 aromatic carbocycles. The fourth-order valence-corrected chi connectivity index (χ4v) is 2.60. The van der Waals surface area contributed by atoms with E-state index in [1.807, 2.05) is 30.3 Å². The molecule has 1 aromatic rings. The molecule has 0 amide bonds. The van der Waals surface area contributed by atoms with Crippen molar-refractivity contribution in [3.05, 3.63) is 30.3 Å². The van der Waals surface area contributed by atoms with E-state index in [1.54, 1.807) is 0 Å². The zero-order valence-corrected chi connectivity index (χ0v) is 17.2. The van der Waals surface area contributed by atoms with Gasteiger partial charge in [0.1, 0.15) is 5.75 Å². The van der Waals surface area contributed by atoms with Crippen LogP contribution in [0, 0.1) is 0 Å². The second-order valence-corrected chi connectivity index (χ2v) is 6.07. The van der Waals surface area contributed by atoms with Crippen LogP contribution >= 0.6 is 0 Å². The van der Waals surface area contributed by atoms with Crippen LogP contribution in [0.25, 0.3) is 0 Å². The molecule has 0 fully saturated rings. The molecular formula is C20H32NaO2+. The Morgan fingerprint density at radius 1 is 0.783 bits per heavy atom. The molecule has 2 nitrogen and oxygen atoms in total. The molecule has 0 saturated carbocycles. The fraction of sp³-hybridized carbons (Fsp3) is 0.650. The van der Waals surface area contributed by atoms with Gasteiger partial charge in [0.25, 0.3) is 0 Å². The van der Waals surface area contributed by atoms with E-state index in [-0.39, 0.29) is 35.5 Å². The van der Waals surface area contributed by atoms with E-state index in [0.717, 1.165) is 12.8 Å². The molecule has 0 aromatic heterocycles. The average Bonchev–Trinajstić information content (AvgIpc) is 2.53. The van der Waals surface area contributed by atoms with Crippen LogP contribution in [0.15, 0.2) is 30.3 Å². The number of ether oxygens (including phenoxy) is 1. The summed E-state index contributed by atoms with van der Waals surface area (Å²) in [6.45, 7) is 2.26. The van der Waals surface area contributed by atoms with Crippen molar-refractivity contribution in [2.75, 3.05) is 0 Å². The van der Waals surface area contributed by atoms with Crippen LogP contribution < -0.4 is 34.3 Å². The van der Waals surface area contributed by atoms with Crippen molar-refractivity contribution in [3.8, 4) is 5.75 Å². The van der Waals surface area contributed by atoms with Crippen LogP contribution in [0.3, 0.4) is 0 Å². The van der Waals surface area contributed by atoms with Gasteiger partial charge in [-0.1, -0.05) is 89.3 Å². The van der Waals surface area contributed by atoms with E-state index >= 15 is 0 Å². The van der Waals surface area contributed by atoms with Crippen molar-refractivity contribution in [1.29, 1.82) is 0 Å². The Kier molecular flexibility index (Phi) is 16.3. The van der Waals surface area contributed by atoms with E-state index < -0.39 is 0 Å². The summed E-state index contributed by atoms with van der Waals surface area (Å²) in [5, 5.41) is 0. The summed E-state index contributed by atoms with van der Waals surface area (Å²) in [6, 6.07) is 9.31. The van der Waals surface area contributed by atoms with Crippen molar-refractivity contribution in [2.24, 2.45) is 0 Å². The summed E-state index contributed by atoms with van der Waals surface area (Å²) in [5.74, 6) is 0.540. The SMILES string of the molecule is CCCCCCCCCCCCCC(=O)Oc1ccccc1.[Na+]. The molecule has 0 bridgehead atoms. The van der Waals surface area contributed by atoms with Crippen LogP contribution in [-0.4, -0.2) is 5.97 Å². The zero-order valence-electron chi connectivity index (χ0n) is 15.2. The molecule has 0 aliphatic rings. The molecule has 0 atom stereocenters. The van der Waals surface area contributed by atoms with E-state index in [0.29, 0.717) is 12.2 Å². The first kappa shape index (κ1) is 22.7. The number of para-hydroxylation sites is 1. The standard InChI is InChI=1S/C20H32O2.Na/c1-2-3-4-5-6-7-8-9-10-11-15-18-20(21)22-19-16-13-12-14-17-19;/h12-14,16-17H,2-11,15,18H2,1H3;/q;+1. The Bertz CT molecular complexity index is 378. The van der Waals surface area contributed by atoms with Crippen molar-refractivity contribution < 1.29 is 39.1 Å². The minimum Gasteiger partial charge on any atom is -0.427 e. The van der Waals surface area contributed by atoms with Gasteiger partial charge in [-0.3, -0.25) is 4.79 Å². The molecule has 0 aliphatic carbocycles. The van der Waals surface area contributed by atoms with Crippen molar-refractivity contribution in [2.45, 2.75) is 84.0 Å². The fourth-order valence-electron chi connectivity index (χ4n) is 2.60. The van der Waals surface area contributed by atoms with Crippen molar-refractivity contribution >= 4 is 5.97 Å². The van der Waals surface area contributed by atoms with E-state index in [1.165, 1.54) is 57.8 Å². The predicted molar refractivity (Wildman–Crippen MR) is 93.2 cm³/mol. The molecule has 0 aliphatic heterocycles. The molecule has 0 saturated heterocycles. The van der Waals surface area contributed by atoms with Gasteiger partial charge < -0.3 is 4.74 Å². The maximum atomic E-state index is 11.7. The van der Waals surface area contributed by atoms with Crippen molar-refractivity contribution in [1.82, 2.24) is 0 Å². The quantitative estimate of drug-likeness (QED) is 0.240. The van der Waals surface area contributed by atoms with Crippen LogP contribution in [0.1, 0.15) is 84.0 Å². The van der Waals surface area contributed by atoms with Gasteiger partial charge in [0.15, 0.2) is 0 Å². The van der Waals surface area contributed by atoms with Crippen LogP contribution in [0.2, 0.25) is 0 Å². The number of rotatable bonds is 13. The summed E-state index contributed by atoms with van der Waals surface area (Å²) >= 11 is 0. The van der Waals surface area contributed by atoms with Gasteiger partial charge in [-0.05, 0) is 18.6 Å². The monoisotopic (exact) mass is 327 g/mol. The van der Waals surface area contributed by atoms with Crippen LogP contribution in [0.5, 0.6) is 5.75 Å². The van der Waals surface area contributed by atoms with Crippen LogP contribution in [-0.2, 0) is 4.79 Å². The number of unbranched alkanes of at least 4 members (excludes halogenated alkanes) is 10. The molecule has 3 heteroatoms. The second kappa shape index (κ2) is 16.5. The first-order chi connectivity index (χ1) is 10.8. The minimum absolute atomic E-state index is 0. The molecule has 0 radical (unpaired) electrons. The number of carbonyl (C=O) groups excluding carboxylic acids is 1. The first-order valence-corrected chi connectivity index (χ1v) is 9.08. The molecular weight excluding hydrogens is 295 g/mol. The second-order valence-electron chi connectivity index (χ2n) is 6.07. The van der Waals surface area contributed by atoms with E-state index in [9.17, 15) is 4.79 Å². The van der Waals surface area contributed by atoms with Gasteiger partial charge in [0.05, 0.1) is 0 Å². The number of hydrogen-bond donors (Lipinski definition) is 0. The summed E-state index contributed by atoms with van der Waals surface area (Å²) < 4.78 is 5.27. The molecule has 124 valence electrons. The summed E-state index contributed by atoms with van der Waals surface area (Å²) in [7, 11) is 0. The zero-order chi connectivity index (χ0) is 15.9. The van der Waals surface area contributed by atoms with Gasteiger partial charge >= 0.3 is 35.5 Å². The molecule has 0 N–H and O–H groups in total. The van der Waals surface area contributed by atoms with Gasteiger partial charge in [-0.15, -0.1) is 0 Å². The third-order valence-corrected chi connectivity index (χ3v) is 3.96. The third-order valence-electron chi connectivity index (χ3n) is 3.96. The smallest absolute Gasteiger partial charge is 0.427 e. The van der Waals surface area contributed by atoms with Crippen molar-refractivity contribution in [3.63, 3.8) is 0 Å². The number of carbonyl (C=O) groups is 1. The molecule has 0 spiro atoms. The van der Waals surface area contributed by atoms with Crippen LogP contribution in [0.4, 0.5) is 0 Å². The Balaban J connectivity index is 0.00000484. The van der Waals surface area contributed by atoms with E-state index in [2.05, 4.69) is 6.92 Å². The first-order valence-electron chi connectivity index (χ1n) is 9.08. The topological polar surface area (TPSA) is 26.3 Å². The maximum Gasteiger partial charge on any atom is 1.00 e. The molecule has 0 unspecified atom stereocenters. The Hall–Kier alpha value is -0.310. The van der Waals surface area contributed by atoms with Gasteiger partial charge in [0.2, 0.25) is 0 Å². The summed E-state index contributed by atoms with van der Waals surface area (Å²) in [6.07, 6.45) is 14.8. The molecule has 23 heavy (non-hydrogen) atoms. The minimum atomic E-state index is -0.109.